The molecule has 57 heavy (non-hydrogen) atoms. The van der Waals surface area contributed by atoms with Crippen LogP contribution in [0.4, 0.5) is 22.4 Å². The van der Waals surface area contributed by atoms with Crippen molar-refractivity contribution in [3.8, 4) is 0 Å². The highest BCUT2D eigenvalue weighted by molar-refractivity contribution is 5.98. The van der Waals surface area contributed by atoms with Gasteiger partial charge in [0.25, 0.3) is 0 Å². The minimum absolute atomic E-state index is 0.00147. The number of hydrogen-bond donors (Lipinski definition) is 1. The van der Waals surface area contributed by atoms with Crippen LogP contribution in [0.5, 0.6) is 0 Å². The molecule has 3 saturated heterocycles. The van der Waals surface area contributed by atoms with Gasteiger partial charge >= 0.3 is 12.3 Å². The van der Waals surface area contributed by atoms with Gasteiger partial charge in [-0.2, -0.15) is 13.2 Å². The van der Waals surface area contributed by atoms with E-state index in [2.05, 4.69) is 10.2 Å². The van der Waals surface area contributed by atoms with Gasteiger partial charge in [0.15, 0.2) is 0 Å². The molecule has 1 N–H and O–H groups in total. The van der Waals surface area contributed by atoms with Gasteiger partial charge in [0.05, 0.1) is 17.6 Å². The quantitative estimate of drug-likeness (QED) is 0.165. The molecule has 4 amide bonds. The maximum absolute atomic E-state index is 14.4. The average molecular weight is 790 g/mol. The number of alkyl halides is 3. The molecule has 0 radical (unpaired) electrons. The summed E-state index contributed by atoms with van der Waals surface area (Å²) < 4.78 is 60.1. The number of nitrogens with zero attached hydrogens (tertiary/aromatic N) is 4. The van der Waals surface area contributed by atoms with Crippen LogP contribution in [0, 0.1) is 5.82 Å². The van der Waals surface area contributed by atoms with E-state index < -0.39 is 59.6 Å². The number of likely N-dealkylation sites (tertiary alicyclic amines) is 1. The van der Waals surface area contributed by atoms with E-state index in [9.17, 15) is 36.7 Å². The standard InChI is InChI=1S/C43H47F4N5O5/c44-34-18-16-30(26-33(34)43(45,46)47)27-48-40(54)36(20-21-38(53)50-24-22-49(23-25-50)32-14-8-3-9-15-32)51-35(19-17-29-10-4-1-5-11-29)39(41(51)55)52-37(28-57-42(52)56)31-12-6-2-7-13-31/h1-2,4-7,10-13,16-19,26,32,35-37,39H,3,8-9,14-15,20-25,27-28H2,(H,48,54)/b19-17+/t35-,36+,37-,39+/m1/s1. The minimum atomic E-state index is -4.94. The smallest absolute Gasteiger partial charge is 0.419 e. The summed E-state index contributed by atoms with van der Waals surface area (Å²) in [6.45, 7) is 2.23. The number of hydrogen-bond acceptors (Lipinski definition) is 6. The molecule has 3 aliphatic heterocycles. The van der Waals surface area contributed by atoms with Crippen LogP contribution in [0.3, 0.4) is 0 Å². The van der Waals surface area contributed by atoms with Crippen molar-refractivity contribution in [3.63, 3.8) is 0 Å². The number of carbonyl (C=O) groups excluding carboxylic acids is 4. The van der Waals surface area contributed by atoms with Crippen LogP contribution < -0.4 is 5.32 Å². The molecule has 7 rings (SSSR count). The number of amides is 4. The number of cyclic esters (lactones) is 1. The number of piperazine rings is 1. The number of carbonyl (C=O) groups is 4. The van der Waals surface area contributed by atoms with Gasteiger partial charge in [0.2, 0.25) is 17.7 Å². The molecule has 0 aromatic heterocycles. The van der Waals surface area contributed by atoms with E-state index in [1.165, 1.54) is 29.1 Å². The van der Waals surface area contributed by atoms with Gasteiger partial charge in [-0.15, -0.1) is 0 Å². The molecule has 3 aromatic rings. The van der Waals surface area contributed by atoms with Gasteiger partial charge in [-0.05, 0) is 48.1 Å². The second-order valence-corrected chi connectivity index (χ2v) is 15.2. The number of ether oxygens (including phenoxy) is 1. The highest BCUT2D eigenvalue weighted by atomic mass is 19.4. The van der Waals surface area contributed by atoms with Crippen LogP contribution in [0.2, 0.25) is 0 Å². The van der Waals surface area contributed by atoms with Crippen LogP contribution in [-0.4, -0.2) is 100 Å². The first kappa shape index (κ1) is 40.0. The summed E-state index contributed by atoms with van der Waals surface area (Å²) in [5, 5.41) is 2.65. The van der Waals surface area contributed by atoms with E-state index in [4.69, 9.17) is 4.74 Å². The predicted octanol–water partition coefficient (Wildman–Crippen LogP) is 6.57. The van der Waals surface area contributed by atoms with Crippen molar-refractivity contribution in [2.75, 3.05) is 32.8 Å². The van der Waals surface area contributed by atoms with E-state index in [0.717, 1.165) is 43.1 Å². The molecular weight excluding hydrogens is 742 g/mol. The first-order valence-electron chi connectivity index (χ1n) is 19.7. The second-order valence-electron chi connectivity index (χ2n) is 15.2. The normalized spacial score (nSPS) is 22.7. The zero-order valence-electron chi connectivity index (χ0n) is 31.6. The van der Waals surface area contributed by atoms with Crippen molar-refractivity contribution in [3.05, 3.63) is 113 Å². The van der Waals surface area contributed by atoms with Crippen molar-refractivity contribution in [2.45, 2.75) is 87.9 Å². The summed E-state index contributed by atoms with van der Waals surface area (Å²) in [5.41, 5.74) is 0.111. The molecule has 1 saturated carbocycles. The third-order valence-electron chi connectivity index (χ3n) is 11.7. The summed E-state index contributed by atoms with van der Waals surface area (Å²) in [6, 6.07) is 17.8. The third-order valence-corrected chi connectivity index (χ3v) is 11.7. The molecule has 1 aliphatic carbocycles. The Kier molecular flexibility index (Phi) is 12.3. The topological polar surface area (TPSA) is 103 Å². The van der Waals surface area contributed by atoms with E-state index in [1.807, 2.05) is 60.7 Å². The summed E-state index contributed by atoms with van der Waals surface area (Å²) in [4.78, 5) is 62.7. The highest BCUT2D eigenvalue weighted by Gasteiger charge is 2.58. The lowest BCUT2D eigenvalue weighted by molar-refractivity contribution is -0.163. The molecule has 4 aliphatic rings. The Morgan fingerprint density at radius 1 is 0.895 bits per heavy atom. The largest absolute Gasteiger partial charge is 0.447 e. The van der Waals surface area contributed by atoms with E-state index >= 15 is 0 Å². The highest BCUT2D eigenvalue weighted by Crippen LogP contribution is 2.39. The molecule has 0 spiro atoms. The Morgan fingerprint density at radius 2 is 1.58 bits per heavy atom. The van der Waals surface area contributed by atoms with E-state index in [0.29, 0.717) is 31.3 Å². The Balaban J connectivity index is 1.14. The summed E-state index contributed by atoms with van der Waals surface area (Å²) in [5.74, 6) is -2.84. The van der Waals surface area contributed by atoms with Crippen molar-refractivity contribution in [2.24, 2.45) is 0 Å². The molecule has 14 heteroatoms. The van der Waals surface area contributed by atoms with Crippen LogP contribution in [-0.2, 0) is 31.8 Å². The van der Waals surface area contributed by atoms with Gasteiger partial charge in [-0.25, -0.2) is 9.18 Å². The maximum Gasteiger partial charge on any atom is 0.419 e. The molecule has 4 fully saturated rings. The monoisotopic (exact) mass is 789 g/mol. The first-order chi connectivity index (χ1) is 27.5. The molecule has 302 valence electrons. The van der Waals surface area contributed by atoms with Crippen molar-refractivity contribution in [1.82, 2.24) is 24.9 Å². The lowest BCUT2D eigenvalue weighted by atomic mass is 9.87. The van der Waals surface area contributed by atoms with Gasteiger partial charge in [-0.3, -0.25) is 24.2 Å². The van der Waals surface area contributed by atoms with Crippen LogP contribution in [0.25, 0.3) is 6.08 Å². The molecule has 0 unspecified atom stereocenters. The van der Waals surface area contributed by atoms with Gasteiger partial charge in [0, 0.05) is 45.2 Å². The molecule has 3 heterocycles. The third kappa shape index (κ3) is 9.01. The lowest BCUT2D eigenvalue weighted by Crippen LogP contribution is -2.74. The van der Waals surface area contributed by atoms with Crippen LogP contribution >= 0.6 is 0 Å². The van der Waals surface area contributed by atoms with E-state index in [1.54, 1.807) is 17.1 Å². The molecule has 0 bridgehead atoms. The lowest BCUT2D eigenvalue weighted by Gasteiger charge is -2.52. The number of β-lactam (4-membered cyclic amide) rings is 1. The predicted molar refractivity (Wildman–Crippen MR) is 204 cm³/mol. The number of nitrogens with one attached hydrogen (secondary N) is 1. The number of halogens is 4. The summed E-state index contributed by atoms with van der Waals surface area (Å²) in [6.07, 6.45) is 3.75. The van der Waals surface area contributed by atoms with E-state index in [-0.39, 0.29) is 37.5 Å². The average Bonchev–Trinajstić information content (AvgIpc) is 3.60. The Morgan fingerprint density at radius 3 is 2.26 bits per heavy atom. The molecule has 10 nitrogen and oxygen atoms in total. The number of benzene rings is 3. The molecule has 4 atom stereocenters. The molecular formula is C43H47F4N5O5. The Bertz CT molecular complexity index is 1930. The first-order valence-corrected chi connectivity index (χ1v) is 19.7. The minimum Gasteiger partial charge on any atom is -0.447 e. The van der Waals surface area contributed by atoms with Crippen molar-refractivity contribution < 1.29 is 41.5 Å². The Hall–Kier alpha value is -5.24. The Labute approximate surface area is 329 Å². The van der Waals surface area contributed by atoms with Crippen molar-refractivity contribution in [1.29, 1.82) is 0 Å². The van der Waals surface area contributed by atoms with Gasteiger partial charge in [-0.1, -0.05) is 98.1 Å². The number of rotatable bonds is 12. The second kappa shape index (κ2) is 17.5. The maximum atomic E-state index is 14.4. The van der Waals surface area contributed by atoms with Crippen LogP contribution in [0.1, 0.15) is 73.2 Å². The zero-order valence-corrected chi connectivity index (χ0v) is 31.6. The summed E-state index contributed by atoms with van der Waals surface area (Å²) >= 11 is 0. The van der Waals surface area contributed by atoms with Gasteiger partial charge in [0.1, 0.15) is 24.5 Å². The fourth-order valence-electron chi connectivity index (χ4n) is 8.61. The van der Waals surface area contributed by atoms with Crippen LogP contribution in [0.15, 0.2) is 84.9 Å². The summed E-state index contributed by atoms with van der Waals surface area (Å²) in [7, 11) is 0. The van der Waals surface area contributed by atoms with Gasteiger partial charge < -0.3 is 19.9 Å². The fourth-order valence-corrected chi connectivity index (χ4v) is 8.61. The molecule has 3 aromatic carbocycles. The zero-order chi connectivity index (χ0) is 40.1. The SMILES string of the molecule is O=C(NCc1ccc(F)c(C(F)(F)F)c1)[C@H](CCC(=O)N1CCN(C2CCCCC2)CC1)N1C(=O)[C@@H](N2C(=O)OC[C@@H]2c2ccccc2)[C@H]1/C=C/c1ccccc1. The van der Waals surface area contributed by atoms with Crippen molar-refractivity contribution >= 4 is 29.9 Å². The fraction of sp³-hybridized carbons (Fsp3) is 0.442.